The molecule has 0 fully saturated rings. The van der Waals surface area contributed by atoms with Gasteiger partial charge in [-0.25, -0.2) is 13.6 Å². The summed E-state index contributed by atoms with van der Waals surface area (Å²) in [6, 6.07) is 6.67. The lowest BCUT2D eigenvalue weighted by molar-refractivity contribution is 0.597. The van der Waals surface area contributed by atoms with E-state index < -0.39 is 10.0 Å². The van der Waals surface area contributed by atoms with Gasteiger partial charge in [-0.3, -0.25) is 0 Å². The van der Waals surface area contributed by atoms with Gasteiger partial charge in [0.1, 0.15) is 4.90 Å². The topological polar surface area (TPSA) is 89.4 Å². The van der Waals surface area contributed by atoms with Gasteiger partial charge in [0.05, 0.1) is 5.69 Å². The molecule has 0 radical (unpaired) electrons. The summed E-state index contributed by atoms with van der Waals surface area (Å²) in [6.45, 7) is 1.27. The fraction of sp³-hybridized carbons (Fsp3) is 0.400. The summed E-state index contributed by atoms with van der Waals surface area (Å²) < 4.78 is 22.7. The Kier molecular flexibility index (Phi) is 4.28. The van der Waals surface area contributed by atoms with Gasteiger partial charge in [0.15, 0.2) is 0 Å². The quantitative estimate of drug-likeness (QED) is 0.768. The lowest BCUT2D eigenvalue weighted by Gasteiger charge is -2.21. The van der Waals surface area contributed by atoms with E-state index >= 15 is 0 Å². The Labute approximate surface area is 96.1 Å². The van der Waals surface area contributed by atoms with Crippen molar-refractivity contribution in [3.8, 4) is 0 Å². The molecule has 0 aliphatic rings. The van der Waals surface area contributed by atoms with Gasteiger partial charge in [-0.05, 0) is 25.1 Å². The first-order chi connectivity index (χ1) is 7.46. The molecule has 0 aromatic heterocycles. The van der Waals surface area contributed by atoms with E-state index in [2.05, 4.69) is 0 Å². The number of benzene rings is 1. The van der Waals surface area contributed by atoms with E-state index in [1.165, 1.54) is 6.07 Å². The molecule has 0 aliphatic carbocycles. The van der Waals surface area contributed by atoms with Gasteiger partial charge in [-0.15, -0.1) is 0 Å². The summed E-state index contributed by atoms with van der Waals surface area (Å²) in [7, 11) is -1.86. The number of hydrogen-bond acceptors (Lipinski definition) is 4. The molecule has 4 N–H and O–H groups in total. The molecule has 0 unspecified atom stereocenters. The molecule has 16 heavy (non-hydrogen) atoms. The van der Waals surface area contributed by atoms with Crippen molar-refractivity contribution in [2.24, 2.45) is 10.9 Å². The summed E-state index contributed by atoms with van der Waals surface area (Å²) in [5, 5.41) is 5.14. The van der Waals surface area contributed by atoms with Crippen molar-refractivity contribution in [3.63, 3.8) is 0 Å². The second kappa shape index (κ2) is 5.29. The van der Waals surface area contributed by atoms with Gasteiger partial charge in [0, 0.05) is 13.6 Å². The number of anilines is 1. The number of para-hydroxylation sites is 1. The van der Waals surface area contributed by atoms with E-state index in [-0.39, 0.29) is 4.90 Å². The van der Waals surface area contributed by atoms with Crippen LogP contribution in [-0.2, 0) is 10.0 Å². The maximum Gasteiger partial charge on any atom is 0.240 e. The van der Waals surface area contributed by atoms with E-state index in [1.54, 1.807) is 18.2 Å². The number of hydrogen-bond donors (Lipinski definition) is 2. The predicted octanol–water partition coefficient (Wildman–Crippen LogP) is 0.119. The van der Waals surface area contributed by atoms with Crippen LogP contribution in [0, 0.1) is 0 Å². The fourth-order valence-electron chi connectivity index (χ4n) is 1.46. The molecule has 5 nitrogen and oxygen atoms in total. The Morgan fingerprint density at radius 1 is 1.31 bits per heavy atom. The Morgan fingerprint density at radius 3 is 2.50 bits per heavy atom. The minimum Gasteiger partial charge on any atom is -0.373 e. The van der Waals surface area contributed by atoms with Gasteiger partial charge in [-0.2, -0.15) is 0 Å². The van der Waals surface area contributed by atoms with Crippen LogP contribution < -0.4 is 15.8 Å². The van der Waals surface area contributed by atoms with Crippen LogP contribution in [0.4, 0.5) is 5.69 Å². The summed E-state index contributed by atoms with van der Waals surface area (Å²) in [5.74, 6) is 0. The van der Waals surface area contributed by atoms with E-state index in [9.17, 15) is 8.42 Å². The zero-order chi connectivity index (χ0) is 12.2. The Morgan fingerprint density at radius 2 is 1.94 bits per heavy atom. The molecule has 1 rings (SSSR count). The van der Waals surface area contributed by atoms with Crippen LogP contribution in [0.25, 0.3) is 0 Å². The van der Waals surface area contributed by atoms with Crippen LogP contribution in [0.2, 0.25) is 0 Å². The van der Waals surface area contributed by atoms with Crippen molar-refractivity contribution in [1.29, 1.82) is 0 Å². The van der Waals surface area contributed by atoms with E-state index in [0.29, 0.717) is 18.8 Å². The highest BCUT2D eigenvalue weighted by molar-refractivity contribution is 7.89. The normalized spacial score (nSPS) is 11.4. The van der Waals surface area contributed by atoms with E-state index in [0.717, 1.165) is 6.42 Å². The number of rotatable bonds is 5. The molecule has 0 saturated carbocycles. The first-order valence-electron chi connectivity index (χ1n) is 5.00. The Bertz CT molecular complexity index is 445. The maximum atomic E-state index is 11.4. The molecule has 0 bridgehead atoms. The SMILES string of the molecule is CN(CCCN)c1ccccc1S(N)(=O)=O. The number of nitrogens with two attached hydrogens (primary N) is 2. The number of nitrogens with zero attached hydrogens (tertiary/aromatic N) is 1. The monoisotopic (exact) mass is 243 g/mol. The lowest BCUT2D eigenvalue weighted by Crippen LogP contribution is -2.24. The van der Waals surface area contributed by atoms with Crippen LogP contribution in [0.15, 0.2) is 29.2 Å². The van der Waals surface area contributed by atoms with Crippen LogP contribution in [-0.4, -0.2) is 28.6 Å². The van der Waals surface area contributed by atoms with Crippen LogP contribution in [0.5, 0.6) is 0 Å². The predicted molar refractivity (Wildman–Crippen MR) is 64.8 cm³/mol. The minimum atomic E-state index is -3.68. The molecule has 90 valence electrons. The molecule has 0 aliphatic heterocycles. The van der Waals surface area contributed by atoms with Gasteiger partial charge < -0.3 is 10.6 Å². The highest BCUT2D eigenvalue weighted by Gasteiger charge is 2.15. The number of primary sulfonamides is 1. The van der Waals surface area contributed by atoms with Crippen molar-refractivity contribution < 1.29 is 8.42 Å². The molecular formula is C10H17N3O2S. The van der Waals surface area contributed by atoms with E-state index in [4.69, 9.17) is 10.9 Å². The molecule has 0 atom stereocenters. The third kappa shape index (κ3) is 3.19. The van der Waals surface area contributed by atoms with Crippen molar-refractivity contribution >= 4 is 15.7 Å². The van der Waals surface area contributed by atoms with Gasteiger partial charge >= 0.3 is 0 Å². The summed E-state index contributed by atoms with van der Waals surface area (Å²) in [6.07, 6.45) is 0.801. The minimum absolute atomic E-state index is 0.148. The largest absolute Gasteiger partial charge is 0.373 e. The first-order valence-corrected chi connectivity index (χ1v) is 6.54. The molecular weight excluding hydrogens is 226 g/mol. The molecule has 0 heterocycles. The summed E-state index contributed by atoms with van der Waals surface area (Å²) in [5.41, 5.74) is 6.02. The highest BCUT2D eigenvalue weighted by Crippen LogP contribution is 2.22. The maximum absolute atomic E-state index is 11.4. The number of sulfonamides is 1. The second-order valence-corrected chi connectivity index (χ2v) is 5.11. The third-order valence-corrected chi connectivity index (χ3v) is 3.24. The fourth-order valence-corrected chi connectivity index (χ4v) is 2.25. The van der Waals surface area contributed by atoms with Crippen molar-refractivity contribution in [1.82, 2.24) is 0 Å². The van der Waals surface area contributed by atoms with Crippen LogP contribution in [0.3, 0.4) is 0 Å². The summed E-state index contributed by atoms with van der Waals surface area (Å²) >= 11 is 0. The smallest absolute Gasteiger partial charge is 0.240 e. The second-order valence-electron chi connectivity index (χ2n) is 3.58. The van der Waals surface area contributed by atoms with Gasteiger partial charge in [-0.1, -0.05) is 12.1 Å². The van der Waals surface area contributed by atoms with Gasteiger partial charge in [0.25, 0.3) is 0 Å². The van der Waals surface area contributed by atoms with Crippen LogP contribution >= 0.6 is 0 Å². The first kappa shape index (κ1) is 13.0. The lowest BCUT2D eigenvalue weighted by atomic mass is 10.3. The van der Waals surface area contributed by atoms with Crippen molar-refractivity contribution in [2.45, 2.75) is 11.3 Å². The zero-order valence-corrected chi connectivity index (χ0v) is 10.1. The van der Waals surface area contributed by atoms with Crippen molar-refractivity contribution in [3.05, 3.63) is 24.3 Å². The average Bonchev–Trinajstić information content (AvgIpc) is 2.24. The standard InChI is InChI=1S/C10H17N3O2S/c1-13(8-4-7-11)9-5-2-3-6-10(9)16(12,14)15/h2-3,5-6H,4,7-8,11H2,1H3,(H2,12,14,15). The highest BCUT2D eigenvalue weighted by atomic mass is 32.2. The van der Waals surface area contributed by atoms with E-state index in [1.807, 2.05) is 11.9 Å². The Hall–Kier alpha value is -1.11. The zero-order valence-electron chi connectivity index (χ0n) is 9.26. The van der Waals surface area contributed by atoms with Crippen LogP contribution in [0.1, 0.15) is 6.42 Å². The Balaban J connectivity index is 3.04. The summed E-state index contributed by atoms with van der Waals surface area (Å²) in [4.78, 5) is 1.99. The molecule has 1 aromatic carbocycles. The molecule has 0 amide bonds. The third-order valence-electron chi connectivity index (χ3n) is 2.28. The molecule has 0 spiro atoms. The van der Waals surface area contributed by atoms with Crippen molar-refractivity contribution in [2.75, 3.05) is 25.0 Å². The molecule has 0 saturated heterocycles. The van der Waals surface area contributed by atoms with Gasteiger partial charge in [0.2, 0.25) is 10.0 Å². The average molecular weight is 243 g/mol. The molecule has 6 heteroatoms. The molecule has 1 aromatic rings.